The summed E-state index contributed by atoms with van der Waals surface area (Å²) in [7, 11) is 0. The summed E-state index contributed by atoms with van der Waals surface area (Å²) >= 11 is 12.1. The number of phenolic OH excluding ortho intramolecular Hbond substituents is 1. The van der Waals surface area contributed by atoms with Gasteiger partial charge in [0.15, 0.2) is 5.82 Å². The lowest BCUT2D eigenvalue weighted by Gasteiger charge is -2.19. The summed E-state index contributed by atoms with van der Waals surface area (Å²) in [4.78, 5) is 30.7. The summed E-state index contributed by atoms with van der Waals surface area (Å²) in [6.07, 6.45) is 0. The monoisotopic (exact) mass is 474 g/mol. The van der Waals surface area contributed by atoms with Gasteiger partial charge in [-0.05, 0) is 53.9 Å². The van der Waals surface area contributed by atoms with Crippen molar-refractivity contribution in [1.29, 1.82) is 5.26 Å². The number of rotatable bonds is 2. The third-order valence-electron chi connectivity index (χ3n) is 5.23. The van der Waals surface area contributed by atoms with E-state index in [0.29, 0.717) is 22.2 Å². The molecule has 0 aromatic heterocycles. The van der Waals surface area contributed by atoms with Crippen LogP contribution in [0.5, 0.6) is 5.75 Å². The van der Waals surface area contributed by atoms with Crippen LogP contribution in [-0.2, 0) is 0 Å². The fourth-order valence-electron chi connectivity index (χ4n) is 3.74. The van der Waals surface area contributed by atoms with Gasteiger partial charge < -0.3 is 5.11 Å². The van der Waals surface area contributed by atoms with Gasteiger partial charge in [-0.1, -0.05) is 35.3 Å². The first-order valence-electron chi connectivity index (χ1n) is 9.65. The molecule has 0 amide bonds. The summed E-state index contributed by atoms with van der Waals surface area (Å²) in [5.41, 5.74) is 0.408. The number of hydrogen-bond donors (Lipinski definition) is 1. The van der Waals surface area contributed by atoms with Gasteiger partial charge in [-0.2, -0.15) is 10.2 Å². The molecule has 5 rings (SSSR count). The second-order valence-electron chi connectivity index (χ2n) is 7.26. The van der Waals surface area contributed by atoms with Gasteiger partial charge in [0.1, 0.15) is 5.75 Å². The highest BCUT2D eigenvalue weighted by Crippen LogP contribution is 2.30. The van der Waals surface area contributed by atoms with E-state index >= 15 is 0 Å². The first-order valence-corrected chi connectivity index (χ1v) is 10.4. The Morgan fingerprint density at radius 2 is 1.67 bits per heavy atom. The quantitative estimate of drug-likeness (QED) is 0.378. The normalized spacial score (nSPS) is 11.1. The fourth-order valence-corrected chi connectivity index (χ4v) is 4.04. The van der Waals surface area contributed by atoms with Crippen LogP contribution in [0, 0.1) is 11.3 Å². The molecule has 1 N–H and O–H groups in total. The molecular formula is C24H12Cl2N4O3. The molecule has 3 aromatic rings. The Bertz CT molecular complexity index is 1720. The topological polar surface area (TPSA) is 101 Å². The van der Waals surface area contributed by atoms with Crippen molar-refractivity contribution in [3.8, 4) is 34.6 Å². The number of aromatic hydroxyl groups is 1. The maximum atomic E-state index is 13.5. The van der Waals surface area contributed by atoms with Crippen LogP contribution in [-0.4, -0.2) is 19.2 Å². The van der Waals surface area contributed by atoms with Gasteiger partial charge in [-0.15, -0.1) is 0 Å². The molecule has 0 aliphatic carbocycles. The third kappa shape index (κ3) is 3.42. The molecule has 2 aliphatic heterocycles. The molecule has 0 fully saturated rings. The summed E-state index contributed by atoms with van der Waals surface area (Å²) in [5, 5.41) is 20.5. The largest absolute Gasteiger partial charge is 0.508 e. The molecule has 0 atom stereocenters. The van der Waals surface area contributed by atoms with Gasteiger partial charge in [0.25, 0.3) is 5.56 Å². The van der Waals surface area contributed by atoms with E-state index in [1.165, 1.54) is 30.3 Å². The van der Waals surface area contributed by atoms with Crippen LogP contribution in [0.3, 0.4) is 0 Å². The van der Waals surface area contributed by atoms with Crippen LogP contribution < -0.4 is 11.2 Å². The van der Waals surface area contributed by atoms with Crippen molar-refractivity contribution in [3.05, 3.63) is 103 Å². The molecule has 160 valence electrons. The molecule has 0 unspecified atom stereocenters. The van der Waals surface area contributed by atoms with Gasteiger partial charge in [-0.3, -0.25) is 9.36 Å². The molecule has 7 nitrogen and oxygen atoms in total. The minimum Gasteiger partial charge on any atom is -0.508 e. The average molecular weight is 475 g/mol. The van der Waals surface area contributed by atoms with Crippen molar-refractivity contribution in [2.45, 2.75) is 0 Å². The number of pyridine rings is 1. The maximum absolute atomic E-state index is 13.5. The van der Waals surface area contributed by atoms with Crippen molar-refractivity contribution in [1.82, 2.24) is 14.1 Å². The number of hydrogen-bond acceptors (Lipinski definition) is 5. The molecule has 0 saturated carbocycles. The van der Waals surface area contributed by atoms with E-state index in [4.69, 9.17) is 23.2 Å². The zero-order chi connectivity index (χ0) is 23.3. The highest BCUT2D eigenvalue weighted by Gasteiger charge is 2.22. The predicted octanol–water partition coefficient (Wildman–Crippen LogP) is 4.53. The van der Waals surface area contributed by atoms with E-state index < -0.39 is 11.2 Å². The van der Waals surface area contributed by atoms with Crippen LogP contribution in [0.4, 0.5) is 0 Å². The lowest BCUT2D eigenvalue weighted by molar-refractivity contribution is 0.475. The highest BCUT2D eigenvalue weighted by molar-refractivity contribution is 6.42. The molecule has 0 spiro atoms. The minimum absolute atomic E-state index is 0.00640. The lowest BCUT2D eigenvalue weighted by atomic mass is 10.1. The van der Waals surface area contributed by atoms with Crippen LogP contribution in [0.1, 0.15) is 5.56 Å². The Morgan fingerprint density at radius 3 is 2.39 bits per heavy atom. The van der Waals surface area contributed by atoms with E-state index in [2.05, 4.69) is 11.1 Å². The van der Waals surface area contributed by atoms with Crippen molar-refractivity contribution in [2.24, 2.45) is 0 Å². The Labute approximate surface area is 196 Å². The maximum Gasteiger partial charge on any atom is 0.357 e. The highest BCUT2D eigenvalue weighted by atomic mass is 35.5. The summed E-state index contributed by atoms with van der Waals surface area (Å²) in [5.74, 6) is 0.0857. The predicted molar refractivity (Wildman–Crippen MR) is 126 cm³/mol. The van der Waals surface area contributed by atoms with Crippen molar-refractivity contribution >= 4 is 34.1 Å². The molecule has 2 aliphatic rings. The number of aromatic nitrogens is 3. The molecule has 0 radical (unpaired) electrons. The number of phenols is 1. The zero-order valence-corrected chi connectivity index (χ0v) is 18.2. The van der Waals surface area contributed by atoms with Crippen molar-refractivity contribution < 1.29 is 5.11 Å². The minimum atomic E-state index is -0.810. The van der Waals surface area contributed by atoms with E-state index in [9.17, 15) is 20.0 Å². The van der Waals surface area contributed by atoms with Crippen LogP contribution in [0.25, 0.3) is 33.7 Å². The fraction of sp³-hybridized carbons (Fsp3) is 0. The molecule has 3 aromatic carbocycles. The Hall–Kier alpha value is -4.12. The summed E-state index contributed by atoms with van der Waals surface area (Å²) < 4.78 is 2.50. The first kappa shape index (κ1) is 20.8. The van der Waals surface area contributed by atoms with Crippen LogP contribution in [0.15, 0.2) is 76.3 Å². The molecule has 33 heavy (non-hydrogen) atoms. The molecule has 0 bridgehead atoms. The van der Waals surface area contributed by atoms with Gasteiger partial charge >= 0.3 is 5.69 Å². The smallest absolute Gasteiger partial charge is 0.357 e. The van der Waals surface area contributed by atoms with Gasteiger partial charge in [0, 0.05) is 6.07 Å². The van der Waals surface area contributed by atoms with Gasteiger partial charge in [-0.25, -0.2) is 9.36 Å². The first-order chi connectivity index (χ1) is 15.9. The number of nitrogens with zero attached hydrogens (tertiary/aromatic N) is 4. The van der Waals surface area contributed by atoms with E-state index in [-0.39, 0.29) is 32.9 Å². The standard InChI is InChI=1S/C24H12Cl2N4O3/c25-19-7-6-16(11-20(19)26)30-23(32)18-9-14-5-4-13(12-27)8-21(14)29(22(18)28-24(30)33)15-2-1-3-17(31)10-15/h1-11,31H. The van der Waals surface area contributed by atoms with E-state index in [1.54, 1.807) is 41.0 Å². The van der Waals surface area contributed by atoms with Gasteiger partial charge in [0.2, 0.25) is 0 Å². The van der Waals surface area contributed by atoms with Gasteiger partial charge in [0.05, 0.1) is 44.1 Å². The van der Waals surface area contributed by atoms with E-state index in [0.717, 1.165) is 4.57 Å². The Balaban J connectivity index is 1.94. The lowest BCUT2D eigenvalue weighted by Crippen LogP contribution is -2.36. The second-order valence-corrected chi connectivity index (χ2v) is 8.07. The Kier molecular flexibility index (Phi) is 4.90. The average Bonchev–Trinajstić information content (AvgIpc) is 2.80. The summed E-state index contributed by atoms with van der Waals surface area (Å²) in [6.45, 7) is 0. The van der Waals surface area contributed by atoms with Crippen LogP contribution in [0.2, 0.25) is 10.0 Å². The molecule has 0 saturated heterocycles. The van der Waals surface area contributed by atoms with Crippen molar-refractivity contribution in [2.75, 3.05) is 0 Å². The number of benzene rings is 3. The second kappa shape index (κ2) is 7.78. The molecular weight excluding hydrogens is 463 g/mol. The third-order valence-corrected chi connectivity index (χ3v) is 5.97. The zero-order valence-electron chi connectivity index (χ0n) is 16.7. The number of fused-ring (bicyclic) bond motifs is 2. The van der Waals surface area contributed by atoms with Crippen LogP contribution >= 0.6 is 23.2 Å². The number of halogens is 2. The SMILES string of the molecule is N#Cc1ccc2cc3c(=O)n(-c4ccc(Cl)c(Cl)c4)c(=O)nc-3n(-c3cccc(O)c3)c2c1. The molecule has 2 heterocycles. The summed E-state index contributed by atoms with van der Waals surface area (Å²) in [6, 6.07) is 19.4. The van der Waals surface area contributed by atoms with Crippen molar-refractivity contribution in [3.63, 3.8) is 0 Å². The molecule has 9 heteroatoms. The Morgan fingerprint density at radius 1 is 0.879 bits per heavy atom. The number of nitriles is 1. The van der Waals surface area contributed by atoms with E-state index in [1.807, 2.05) is 0 Å².